The molecule has 0 radical (unpaired) electrons. The highest BCUT2D eigenvalue weighted by atomic mass is 35.5. The third-order valence-corrected chi connectivity index (χ3v) is 2.62. The number of carboxylic acid groups (broad SMARTS) is 1. The number of H-pyrrole nitrogens is 1. The Morgan fingerprint density at radius 1 is 1.62 bits per heavy atom. The smallest absolute Gasteiger partial charge is 0.407 e. The van der Waals surface area contributed by atoms with Crippen molar-refractivity contribution in [2.24, 2.45) is 0 Å². The first-order valence-electron chi connectivity index (χ1n) is 5.00. The molecule has 0 saturated carbocycles. The van der Waals surface area contributed by atoms with Gasteiger partial charge in [0.25, 0.3) is 0 Å². The van der Waals surface area contributed by atoms with E-state index in [1.807, 2.05) is 20.8 Å². The molecule has 0 fully saturated rings. The number of hydrogen-bond donors (Lipinski definition) is 2. The molecule has 1 rings (SSSR count). The number of imidazole rings is 1. The molecular formula is C10H16ClN3O2. The van der Waals surface area contributed by atoms with Crippen LogP contribution in [-0.4, -0.2) is 38.2 Å². The van der Waals surface area contributed by atoms with Gasteiger partial charge in [-0.25, -0.2) is 9.78 Å². The number of amides is 1. The van der Waals surface area contributed by atoms with E-state index >= 15 is 0 Å². The number of rotatable bonds is 3. The topological polar surface area (TPSA) is 69.2 Å². The maximum Gasteiger partial charge on any atom is 0.407 e. The SMILES string of the molecule is CC(C)(C)N(CCc1[nH]cnc1Cl)C(=O)O. The molecule has 5 nitrogen and oxygen atoms in total. The summed E-state index contributed by atoms with van der Waals surface area (Å²) in [7, 11) is 0. The van der Waals surface area contributed by atoms with Crippen molar-refractivity contribution in [2.45, 2.75) is 32.7 Å². The molecule has 0 atom stereocenters. The number of aromatic nitrogens is 2. The van der Waals surface area contributed by atoms with Gasteiger partial charge in [0.1, 0.15) is 5.15 Å². The molecule has 0 spiro atoms. The van der Waals surface area contributed by atoms with Gasteiger partial charge in [-0.2, -0.15) is 0 Å². The Balaban J connectivity index is 2.65. The molecule has 0 aromatic carbocycles. The van der Waals surface area contributed by atoms with Crippen LogP contribution in [0.4, 0.5) is 4.79 Å². The van der Waals surface area contributed by atoms with Crippen LogP contribution in [0.25, 0.3) is 0 Å². The summed E-state index contributed by atoms with van der Waals surface area (Å²) in [6, 6.07) is 0. The van der Waals surface area contributed by atoms with Crippen LogP contribution >= 0.6 is 11.6 Å². The van der Waals surface area contributed by atoms with E-state index < -0.39 is 11.6 Å². The summed E-state index contributed by atoms with van der Waals surface area (Å²) in [4.78, 5) is 19.2. The van der Waals surface area contributed by atoms with Gasteiger partial charge in [-0.3, -0.25) is 0 Å². The lowest BCUT2D eigenvalue weighted by Gasteiger charge is -2.33. The lowest BCUT2D eigenvalue weighted by Crippen LogP contribution is -2.46. The number of nitrogens with one attached hydrogen (secondary N) is 1. The highest BCUT2D eigenvalue weighted by Gasteiger charge is 2.25. The first kappa shape index (κ1) is 12.8. The van der Waals surface area contributed by atoms with Gasteiger partial charge in [0.2, 0.25) is 0 Å². The van der Waals surface area contributed by atoms with Gasteiger partial charge in [0, 0.05) is 18.5 Å². The molecule has 1 heterocycles. The van der Waals surface area contributed by atoms with E-state index in [1.165, 1.54) is 11.2 Å². The minimum Gasteiger partial charge on any atom is -0.465 e. The number of halogens is 1. The van der Waals surface area contributed by atoms with Gasteiger partial charge in [0.15, 0.2) is 0 Å². The van der Waals surface area contributed by atoms with Crippen LogP contribution in [0.3, 0.4) is 0 Å². The first-order valence-corrected chi connectivity index (χ1v) is 5.38. The molecule has 0 saturated heterocycles. The van der Waals surface area contributed by atoms with Gasteiger partial charge in [0.05, 0.1) is 12.0 Å². The fraction of sp³-hybridized carbons (Fsp3) is 0.600. The quantitative estimate of drug-likeness (QED) is 0.859. The molecule has 6 heteroatoms. The minimum absolute atomic E-state index is 0.390. The van der Waals surface area contributed by atoms with E-state index in [0.717, 1.165) is 5.69 Å². The highest BCUT2D eigenvalue weighted by molar-refractivity contribution is 6.30. The lowest BCUT2D eigenvalue weighted by molar-refractivity contribution is 0.101. The summed E-state index contributed by atoms with van der Waals surface area (Å²) in [5, 5.41) is 9.48. The van der Waals surface area contributed by atoms with Crippen LogP contribution < -0.4 is 0 Å². The van der Waals surface area contributed by atoms with E-state index in [9.17, 15) is 4.79 Å². The Labute approximate surface area is 99.4 Å². The zero-order chi connectivity index (χ0) is 12.3. The van der Waals surface area contributed by atoms with Crippen molar-refractivity contribution in [3.63, 3.8) is 0 Å². The third-order valence-electron chi connectivity index (χ3n) is 2.29. The lowest BCUT2D eigenvalue weighted by atomic mass is 10.1. The zero-order valence-corrected chi connectivity index (χ0v) is 10.4. The molecule has 0 aliphatic rings. The van der Waals surface area contributed by atoms with E-state index in [-0.39, 0.29) is 0 Å². The fourth-order valence-electron chi connectivity index (χ4n) is 1.42. The van der Waals surface area contributed by atoms with Gasteiger partial charge < -0.3 is 15.0 Å². The second-order valence-corrected chi connectivity index (χ2v) is 4.88. The van der Waals surface area contributed by atoms with Crippen LogP contribution in [-0.2, 0) is 6.42 Å². The molecule has 0 aliphatic carbocycles. The zero-order valence-electron chi connectivity index (χ0n) is 9.62. The average molecular weight is 246 g/mol. The molecule has 0 unspecified atom stereocenters. The third kappa shape index (κ3) is 3.13. The van der Waals surface area contributed by atoms with Gasteiger partial charge in [-0.05, 0) is 20.8 Å². The molecule has 0 bridgehead atoms. The maximum atomic E-state index is 11.1. The summed E-state index contributed by atoms with van der Waals surface area (Å²) in [6.45, 7) is 5.96. The molecule has 1 aromatic rings. The van der Waals surface area contributed by atoms with Crippen LogP contribution in [0, 0.1) is 0 Å². The van der Waals surface area contributed by atoms with Gasteiger partial charge in [-0.15, -0.1) is 0 Å². The second kappa shape index (κ2) is 4.74. The van der Waals surface area contributed by atoms with Crippen LogP contribution in [0.1, 0.15) is 26.5 Å². The first-order chi connectivity index (χ1) is 7.32. The van der Waals surface area contributed by atoms with Crippen molar-refractivity contribution in [3.05, 3.63) is 17.2 Å². The van der Waals surface area contributed by atoms with Crippen molar-refractivity contribution >= 4 is 17.7 Å². The van der Waals surface area contributed by atoms with E-state index in [4.69, 9.17) is 16.7 Å². The molecule has 1 amide bonds. The molecule has 16 heavy (non-hydrogen) atoms. The maximum absolute atomic E-state index is 11.1. The van der Waals surface area contributed by atoms with E-state index in [0.29, 0.717) is 18.1 Å². The Bertz CT molecular complexity index is 370. The molecule has 2 N–H and O–H groups in total. The summed E-state index contributed by atoms with van der Waals surface area (Å²) >= 11 is 5.81. The number of aromatic amines is 1. The van der Waals surface area contributed by atoms with Gasteiger partial charge in [-0.1, -0.05) is 11.6 Å². The Hall–Kier alpha value is -1.23. The van der Waals surface area contributed by atoms with Crippen molar-refractivity contribution in [1.29, 1.82) is 0 Å². The normalized spacial score (nSPS) is 11.5. The molecular weight excluding hydrogens is 230 g/mol. The predicted octanol–water partition coefficient (Wildman–Crippen LogP) is 2.38. The highest BCUT2D eigenvalue weighted by Crippen LogP contribution is 2.16. The Kier molecular flexibility index (Phi) is 3.80. The Morgan fingerprint density at radius 3 is 2.62 bits per heavy atom. The molecule has 1 aromatic heterocycles. The summed E-state index contributed by atoms with van der Waals surface area (Å²) in [5.41, 5.74) is 0.343. The van der Waals surface area contributed by atoms with Crippen molar-refractivity contribution < 1.29 is 9.90 Å². The largest absolute Gasteiger partial charge is 0.465 e. The predicted molar refractivity (Wildman–Crippen MR) is 61.8 cm³/mol. The van der Waals surface area contributed by atoms with Crippen LogP contribution in [0.15, 0.2) is 6.33 Å². The number of hydrogen-bond acceptors (Lipinski definition) is 2. The van der Waals surface area contributed by atoms with Crippen LogP contribution in [0.5, 0.6) is 0 Å². The fourth-order valence-corrected chi connectivity index (χ4v) is 1.62. The number of carbonyl (C=O) groups is 1. The van der Waals surface area contributed by atoms with E-state index in [2.05, 4.69) is 9.97 Å². The second-order valence-electron chi connectivity index (χ2n) is 4.53. The summed E-state index contributed by atoms with van der Waals surface area (Å²) in [5.74, 6) is 0. The van der Waals surface area contributed by atoms with Crippen molar-refractivity contribution in [2.75, 3.05) is 6.54 Å². The average Bonchev–Trinajstić information content (AvgIpc) is 2.49. The standard InChI is InChI=1S/C10H16ClN3O2/c1-10(2,3)14(9(15)16)5-4-7-8(11)13-6-12-7/h6H,4-5H2,1-3H3,(H,12,13)(H,15,16). The number of nitrogens with zero attached hydrogens (tertiary/aromatic N) is 2. The van der Waals surface area contributed by atoms with Crippen molar-refractivity contribution in [1.82, 2.24) is 14.9 Å². The summed E-state index contributed by atoms with van der Waals surface area (Å²) < 4.78 is 0. The molecule has 0 aliphatic heterocycles. The minimum atomic E-state index is -0.928. The monoisotopic (exact) mass is 245 g/mol. The van der Waals surface area contributed by atoms with Crippen LogP contribution in [0.2, 0.25) is 5.15 Å². The van der Waals surface area contributed by atoms with E-state index in [1.54, 1.807) is 0 Å². The summed E-state index contributed by atoms with van der Waals surface area (Å²) in [6.07, 6.45) is 1.10. The van der Waals surface area contributed by atoms with Crippen molar-refractivity contribution in [3.8, 4) is 0 Å². The molecule has 90 valence electrons. The van der Waals surface area contributed by atoms with Gasteiger partial charge >= 0.3 is 6.09 Å². The Morgan fingerprint density at radius 2 is 2.25 bits per heavy atom.